The topological polar surface area (TPSA) is 104 Å². The number of hydrogen-bond donors (Lipinski definition) is 2. The second-order valence-corrected chi connectivity index (χ2v) is 11.3. The summed E-state index contributed by atoms with van der Waals surface area (Å²) < 4.78 is 79.7. The first kappa shape index (κ1) is 29.4. The predicted molar refractivity (Wildman–Crippen MR) is 141 cm³/mol. The zero-order chi connectivity index (χ0) is 28.9. The van der Waals surface area contributed by atoms with Crippen LogP contribution in [0.25, 0.3) is 11.3 Å². The average Bonchev–Trinajstić information content (AvgIpc) is 3.43. The molecule has 0 bridgehead atoms. The number of aromatic nitrogens is 2. The van der Waals surface area contributed by atoms with E-state index in [1.807, 2.05) is 6.92 Å². The second kappa shape index (κ2) is 12.3. The van der Waals surface area contributed by atoms with Crippen molar-refractivity contribution in [2.75, 3.05) is 18.4 Å². The van der Waals surface area contributed by atoms with Gasteiger partial charge >= 0.3 is 6.18 Å². The Morgan fingerprint density at radius 2 is 1.77 bits per heavy atom. The Hall–Kier alpha value is -3.58. The van der Waals surface area contributed by atoms with E-state index in [1.165, 1.54) is 12.1 Å². The molecule has 1 unspecified atom stereocenters. The fourth-order valence-electron chi connectivity index (χ4n) is 4.35. The monoisotopic (exact) mass is 579 g/mol. The number of halogens is 4. The van der Waals surface area contributed by atoms with Crippen LogP contribution in [0.3, 0.4) is 0 Å². The van der Waals surface area contributed by atoms with Crippen molar-refractivity contribution in [2.24, 2.45) is 0 Å². The summed E-state index contributed by atoms with van der Waals surface area (Å²) in [7, 11) is -4.02. The summed E-state index contributed by atoms with van der Waals surface area (Å²) in [5, 5.41) is 5.83. The molecule has 2 N–H and O–H groups in total. The first-order valence-electron chi connectivity index (χ1n) is 12.8. The number of hydrogen-bond acceptors (Lipinski definition) is 6. The minimum Gasteiger partial charge on any atom is -0.354 e. The Balaban J connectivity index is 1.52. The number of alkyl halides is 3. The van der Waals surface area contributed by atoms with E-state index in [-0.39, 0.29) is 23.9 Å². The van der Waals surface area contributed by atoms with E-state index >= 15 is 0 Å². The van der Waals surface area contributed by atoms with E-state index in [1.54, 1.807) is 6.07 Å². The summed E-state index contributed by atoms with van der Waals surface area (Å²) in [6, 6.07) is 9.62. The van der Waals surface area contributed by atoms with Crippen LogP contribution >= 0.6 is 0 Å². The van der Waals surface area contributed by atoms with Crippen LogP contribution in [0.1, 0.15) is 43.9 Å². The molecule has 1 amide bonds. The largest absolute Gasteiger partial charge is 0.416 e. The SMILES string of the molecule is CCCCNc1nc(CNC(=O)C2CCCN2S(=O)(=O)c2ccc(F)cc2)cc(-c2ccc(C(F)(F)F)cc2)n1. The van der Waals surface area contributed by atoms with Crippen LogP contribution in [0, 0.1) is 5.82 Å². The molecular formula is C27H29F4N5O3S. The Labute approximate surface area is 229 Å². The molecule has 0 radical (unpaired) electrons. The van der Waals surface area contributed by atoms with Gasteiger partial charge < -0.3 is 10.6 Å². The number of benzene rings is 2. The van der Waals surface area contributed by atoms with Crippen molar-refractivity contribution >= 4 is 21.9 Å². The predicted octanol–water partition coefficient (Wildman–Crippen LogP) is 4.98. The molecule has 0 spiro atoms. The zero-order valence-corrected chi connectivity index (χ0v) is 22.5. The van der Waals surface area contributed by atoms with Crippen molar-refractivity contribution in [1.82, 2.24) is 19.6 Å². The molecule has 1 aliphatic heterocycles. The van der Waals surface area contributed by atoms with Crippen molar-refractivity contribution in [2.45, 2.75) is 56.3 Å². The third-order valence-electron chi connectivity index (χ3n) is 6.47. The summed E-state index contributed by atoms with van der Waals surface area (Å²) >= 11 is 0. The van der Waals surface area contributed by atoms with Gasteiger partial charge in [0.15, 0.2) is 0 Å². The molecule has 1 aromatic heterocycles. The van der Waals surface area contributed by atoms with Crippen LogP contribution < -0.4 is 10.6 Å². The lowest BCUT2D eigenvalue weighted by atomic mass is 10.1. The number of rotatable bonds is 10. The highest BCUT2D eigenvalue weighted by Gasteiger charge is 2.39. The van der Waals surface area contributed by atoms with Gasteiger partial charge in [0.05, 0.1) is 28.4 Å². The Bertz CT molecular complexity index is 1430. The summed E-state index contributed by atoms with van der Waals surface area (Å²) in [5.41, 5.74) is 0.418. The molecule has 8 nitrogen and oxygen atoms in total. The van der Waals surface area contributed by atoms with Crippen LogP contribution in [-0.2, 0) is 27.5 Å². The number of carbonyl (C=O) groups excluding carboxylic acids is 1. The maximum Gasteiger partial charge on any atom is 0.416 e. The maximum atomic E-state index is 13.3. The highest BCUT2D eigenvalue weighted by molar-refractivity contribution is 7.89. The van der Waals surface area contributed by atoms with Crippen molar-refractivity contribution < 1.29 is 30.8 Å². The zero-order valence-electron chi connectivity index (χ0n) is 21.7. The van der Waals surface area contributed by atoms with Gasteiger partial charge in [0, 0.05) is 18.7 Å². The van der Waals surface area contributed by atoms with Gasteiger partial charge in [0.2, 0.25) is 21.9 Å². The summed E-state index contributed by atoms with van der Waals surface area (Å²) in [6.07, 6.45) is -1.90. The third-order valence-corrected chi connectivity index (χ3v) is 8.39. The minimum absolute atomic E-state index is 0.0572. The molecule has 2 aromatic carbocycles. The Morgan fingerprint density at radius 1 is 1.07 bits per heavy atom. The van der Waals surface area contributed by atoms with Crippen molar-refractivity contribution in [3.63, 3.8) is 0 Å². The molecule has 40 heavy (non-hydrogen) atoms. The van der Waals surface area contributed by atoms with Gasteiger partial charge in [-0.2, -0.15) is 17.5 Å². The van der Waals surface area contributed by atoms with E-state index in [0.717, 1.165) is 53.5 Å². The molecule has 2 heterocycles. The molecule has 4 rings (SSSR count). The van der Waals surface area contributed by atoms with E-state index in [4.69, 9.17) is 0 Å². The van der Waals surface area contributed by atoms with Crippen molar-refractivity contribution in [3.05, 3.63) is 71.7 Å². The van der Waals surface area contributed by atoms with Crippen LogP contribution in [0.2, 0.25) is 0 Å². The molecule has 0 saturated carbocycles. The fraction of sp³-hybridized carbons (Fsp3) is 0.370. The average molecular weight is 580 g/mol. The third kappa shape index (κ3) is 6.94. The summed E-state index contributed by atoms with van der Waals surface area (Å²) in [4.78, 5) is 21.8. The van der Waals surface area contributed by atoms with Gasteiger partial charge in [-0.15, -0.1) is 0 Å². The van der Waals surface area contributed by atoms with Crippen LogP contribution in [0.5, 0.6) is 0 Å². The number of amides is 1. The van der Waals surface area contributed by atoms with Gasteiger partial charge in [-0.25, -0.2) is 22.8 Å². The van der Waals surface area contributed by atoms with Gasteiger partial charge in [-0.1, -0.05) is 25.5 Å². The number of nitrogens with one attached hydrogen (secondary N) is 2. The number of anilines is 1. The van der Waals surface area contributed by atoms with Gasteiger partial charge in [-0.05, 0) is 61.7 Å². The van der Waals surface area contributed by atoms with E-state index in [2.05, 4.69) is 20.6 Å². The van der Waals surface area contributed by atoms with Crippen molar-refractivity contribution in [3.8, 4) is 11.3 Å². The first-order valence-corrected chi connectivity index (χ1v) is 14.3. The fourth-order valence-corrected chi connectivity index (χ4v) is 6.01. The van der Waals surface area contributed by atoms with E-state index in [0.29, 0.717) is 36.3 Å². The Morgan fingerprint density at radius 3 is 2.42 bits per heavy atom. The quantitative estimate of drug-likeness (QED) is 0.259. The summed E-state index contributed by atoms with van der Waals surface area (Å²) in [5.74, 6) is -0.825. The molecule has 1 aliphatic rings. The Kier molecular flexibility index (Phi) is 9.04. The molecular weight excluding hydrogens is 550 g/mol. The van der Waals surface area contributed by atoms with Crippen LogP contribution in [0.4, 0.5) is 23.5 Å². The molecule has 1 fully saturated rings. The number of sulfonamides is 1. The lowest BCUT2D eigenvalue weighted by Gasteiger charge is -2.23. The smallest absolute Gasteiger partial charge is 0.354 e. The molecule has 3 aromatic rings. The molecule has 1 saturated heterocycles. The lowest BCUT2D eigenvalue weighted by Crippen LogP contribution is -2.45. The van der Waals surface area contributed by atoms with E-state index < -0.39 is 39.5 Å². The highest BCUT2D eigenvalue weighted by atomic mass is 32.2. The summed E-state index contributed by atoms with van der Waals surface area (Å²) in [6.45, 7) is 2.69. The number of carbonyl (C=O) groups is 1. The normalized spacial score (nSPS) is 16.2. The van der Waals surface area contributed by atoms with Crippen LogP contribution in [0.15, 0.2) is 59.5 Å². The highest BCUT2D eigenvalue weighted by Crippen LogP contribution is 2.31. The lowest BCUT2D eigenvalue weighted by molar-refractivity contribution is -0.137. The first-order chi connectivity index (χ1) is 19.0. The maximum absolute atomic E-state index is 13.3. The van der Waals surface area contributed by atoms with Gasteiger partial charge in [0.25, 0.3) is 0 Å². The number of unbranched alkanes of at least 4 members (excludes halogenated alkanes) is 1. The second-order valence-electron chi connectivity index (χ2n) is 9.37. The van der Waals surface area contributed by atoms with Crippen molar-refractivity contribution in [1.29, 1.82) is 0 Å². The van der Waals surface area contributed by atoms with Gasteiger partial charge in [0.1, 0.15) is 11.9 Å². The standard InChI is InChI=1S/C27H29F4N5O3S/c1-2-3-14-32-26-34-21(16-23(35-26)18-6-8-19(9-7-18)27(29,30)31)17-33-25(37)24-5-4-15-36(24)40(38,39)22-12-10-20(28)11-13-22/h6-13,16,24H,2-5,14-15,17H2,1H3,(H,33,37)(H,32,34,35). The number of nitrogens with zero attached hydrogens (tertiary/aromatic N) is 3. The molecule has 214 valence electrons. The van der Waals surface area contributed by atoms with E-state index in [9.17, 15) is 30.8 Å². The minimum atomic E-state index is -4.47. The molecule has 1 atom stereocenters. The van der Waals surface area contributed by atoms with Gasteiger partial charge in [-0.3, -0.25) is 4.79 Å². The van der Waals surface area contributed by atoms with Crippen LogP contribution in [-0.4, -0.2) is 47.7 Å². The molecule has 13 heteroatoms. The molecule has 0 aliphatic carbocycles.